The lowest BCUT2D eigenvalue weighted by Gasteiger charge is -2.26. The van der Waals surface area contributed by atoms with Crippen molar-refractivity contribution >= 4 is 12.4 Å². The number of aliphatic hydroxyl groups excluding tert-OH is 1. The number of phenolic OH excluding ortho intramolecular Hbond substituents is 3. The quantitative estimate of drug-likeness (QED) is 0.335. The Hall–Kier alpha value is -2.93. The fourth-order valence-corrected chi connectivity index (χ4v) is 3.23. The second-order valence-electron chi connectivity index (χ2n) is 7.37. The Bertz CT molecular complexity index is 915. The van der Waals surface area contributed by atoms with Crippen LogP contribution in [0, 0.1) is 6.92 Å². The molecular formula is C24H28ClNO5. The smallest absolute Gasteiger partial charge is 0.176 e. The zero-order valence-electron chi connectivity index (χ0n) is 17.4. The van der Waals surface area contributed by atoms with Gasteiger partial charge in [0.2, 0.25) is 0 Å². The molecule has 3 aromatic carbocycles. The van der Waals surface area contributed by atoms with Crippen molar-refractivity contribution in [2.45, 2.75) is 32.1 Å². The van der Waals surface area contributed by atoms with Gasteiger partial charge in [0, 0.05) is 12.5 Å². The van der Waals surface area contributed by atoms with Crippen LogP contribution in [-0.2, 0) is 0 Å². The molecule has 3 rings (SSSR count). The average molecular weight is 446 g/mol. The lowest BCUT2D eigenvalue weighted by molar-refractivity contribution is 0.0266. The minimum Gasteiger partial charge on any atom is -0.508 e. The molecule has 0 bridgehead atoms. The summed E-state index contributed by atoms with van der Waals surface area (Å²) in [6, 6.07) is 18.8. The predicted molar refractivity (Wildman–Crippen MR) is 122 cm³/mol. The number of nitrogens with one attached hydrogen (secondary N) is 1. The van der Waals surface area contributed by atoms with Crippen LogP contribution in [0.5, 0.6) is 23.0 Å². The molecule has 2 atom stereocenters. The minimum atomic E-state index is -0.792. The normalized spacial score (nSPS) is 12.8. The minimum absolute atomic E-state index is 0. The van der Waals surface area contributed by atoms with E-state index in [0.717, 1.165) is 11.1 Å². The number of phenols is 3. The fourth-order valence-electron chi connectivity index (χ4n) is 3.23. The monoisotopic (exact) mass is 445 g/mol. The Labute approximate surface area is 188 Å². The number of rotatable bonds is 8. The Morgan fingerprint density at radius 1 is 0.839 bits per heavy atom. The van der Waals surface area contributed by atoms with E-state index in [1.165, 1.54) is 0 Å². The second kappa shape index (κ2) is 10.9. The molecule has 0 heterocycles. The molecule has 0 fully saturated rings. The summed E-state index contributed by atoms with van der Waals surface area (Å²) in [6.45, 7) is 3.86. The van der Waals surface area contributed by atoms with Crippen LogP contribution in [0.3, 0.4) is 0 Å². The van der Waals surface area contributed by atoms with Crippen molar-refractivity contribution in [3.8, 4) is 23.0 Å². The second-order valence-corrected chi connectivity index (χ2v) is 7.37. The molecule has 0 spiro atoms. The number of aryl methyl sites for hydroxylation is 1. The molecule has 31 heavy (non-hydrogen) atoms. The Morgan fingerprint density at radius 3 is 1.81 bits per heavy atom. The average Bonchev–Trinajstić information content (AvgIpc) is 2.72. The van der Waals surface area contributed by atoms with Crippen molar-refractivity contribution in [3.63, 3.8) is 0 Å². The summed E-state index contributed by atoms with van der Waals surface area (Å²) in [5, 5.41) is 42.4. The Balaban J connectivity index is 0.00000341. The summed E-state index contributed by atoms with van der Waals surface area (Å²) in [7, 11) is 0. The van der Waals surface area contributed by atoms with Crippen molar-refractivity contribution in [1.82, 2.24) is 5.32 Å². The molecule has 0 aromatic heterocycles. The summed E-state index contributed by atoms with van der Waals surface area (Å²) in [4.78, 5) is 0. The van der Waals surface area contributed by atoms with E-state index >= 15 is 0 Å². The van der Waals surface area contributed by atoms with Gasteiger partial charge < -0.3 is 25.2 Å². The zero-order chi connectivity index (χ0) is 21.7. The lowest BCUT2D eigenvalue weighted by atomic mass is 9.91. The van der Waals surface area contributed by atoms with Crippen molar-refractivity contribution in [1.29, 1.82) is 0 Å². The van der Waals surface area contributed by atoms with Gasteiger partial charge in [0.1, 0.15) is 29.1 Å². The first-order valence-electron chi connectivity index (χ1n) is 9.79. The summed E-state index contributed by atoms with van der Waals surface area (Å²) in [5.41, 5.74) is 2.62. The number of ether oxygens (including phenoxy) is 1. The van der Waals surface area contributed by atoms with Crippen molar-refractivity contribution < 1.29 is 25.2 Å². The summed E-state index contributed by atoms with van der Waals surface area (Å²) < 4.78 is 5.92. The largest absolute Gasteiger partial charge is 0.508 e. The van der Waals surface area contributed by atoms with Crippen LogP contribution in [0.25, 0.3) is 0 Å². The van der Waals surface area contributed by atoms with E-state index in [1.807, 2.05) is 24.3 Å². The van der Waals surface area contributed by atoms with Gasteiger partial charge in [-0.15, -0.1) is 12.4 Å². The van der Waals surface area contributed by atoms with Crippen LogP contribution >= 0.6 is 12.4 Å². The maximum atomic E-state index is 10.2. The molecule has 0 radical (unpaired) electrons. The first-order chi connectivity index (χ1) is 14.3. The van der Waals surface area contributed by atoms with Crippen molar-refractivity contribution in [2.24, 2.45) is 0 Å². The third-order valence-electron chi connectivity index (χ3n) is 4.98. The van der Waals surface area contributed by atoms with Gasteiger partial charge in [0.05, 0.1) is 0 Å². The number of hydrogen-bond donors (Lipinski definition) is 5. The number of halogens is 1. The van der Waals surface area contributed by atoms with Gasteiger partial charge in [-0.1, -0.05) is 24.3 Å². The molecular weight excluding hydrogens is 418 g/mol. The number of aromatic hydroxyl groups is 3. The van der Waals surface area contributed by atoms with Crippen LogP contribution in [0.4, 0.5) is 0 Å². The topological polar surface area (TPSA) is 102 Å². The van der Waals surface area contributed by atoms with Crippen LogP contribution in [0.1, 0.15) is 29.5 Å². The molecule has 0 saturated carbocycles. The predicted octanol–water partition coefficient (Wildman–Crippen LogP) is 4.04. The van der Waals surface area contributed by atoms with Gasteiger partial charge in [-0.05, 0) is 73.0 Å². The number of aliphatic hydroxyl groups is 1. The van der Waals surface area contributed by atoms with Crippen LogP contribution in [0.15, 0.2) is 66.7 Å². The van der Waals surface area contributed by atoms with E-state index in [-0.39, 0.29) is 35.6 Å². The van der Waals surface area contributed by atoms with Crippen LogP contribution in [-0.4, -0.2) is 39.3 Å². The molecule has 5 N–H and O–H groups in total. The van der Waals surface area contributed by atoms with Gasteiger partial charge >= 0.3 is 0 Å². The molecule has 0 aliphatic carbocycles. The van der Waals surface area contributed by atoms with Crippen LogP contribution in [0.2, 0.25) is 0 Å². The van der Waals surface area contributed by atoms with Crippen molar-refractivity contribution in [2.75, 3.05) is 6.54 Å². The summed E-state index contributed by atoms with van der Waals surface area (Å²) in [5.74, 6) is 0.990. The highest BCUT2D eigenvalue weighted by Crippen LogP contribution is 2.28. The van der Waals surface area contributed by atoms with E-state index in [0.29, 0.717) is 17.9 Å². The third-order valence-corrected chi connectivity index (χ3v) is 4.98. The molecule has 166 valence electrons. The van der Waals surface area contributed by atoms with Gasteiger partial charge in [0.15, 0.2) is 6.23 Å². The highest BCUT2D eigenvalue weighted by Gasteiger charge is 2.21. The molecule has 0 aliphatic rings. The van der Waals surface area contributed by atoms with Gasteiger partial charge in [-0.3, -0.25) is 5.32 Å². The number of benzene rings is 3. The molecule has 3 aromatic rings. The van der Waals surface area contributed by atoms with Crippen molar-refractivity contribution in [3.05, 3.63) is 83.4 Å². The first kappa shape index (κ1) is 24.3. The first-order valence-corrected chi connectivity index (χ1v) is 9.79. The number of hydrogen-bond acceptors (Lipinski definition) is 6. The van der Waals surface area contributed by atoms with E-state index in [9.17, 15) is 20.4 Å². The van der Waals surface area contributed by atoms with Gasteiger partial charge in [0.25, 0.3) is 0 Å². The van der Waals surface area contributed by atoms with E-state index < -0.39 is 12.3 Å². The van der Waals surface area contributed by atoms with Gasteiger partial charge in [-0.2, -0.15) is 0 Å². The third kappa shape index (κ3) is 6.52. The summed E-state index contributed by atoms with van der Waals surface area (Å²) in [6.07, 6.45) is -1.47. The molecule has 7 heteroatoms. The van der Waals surface area contributed by atoms with E-state index in [2.05, 4.69) is 5.32 Å². The highest BCUT2D eigenvalue weighted by atomic mass is 35.5. The van der Waals surface area contributed by atoms with E-state index in [4.69, 9.17) is 4.74 Å². The maximum Gasteiger partial charge on any atom is 0.176 e. The Morgan fingerprint density at radius 2 is 1.35 bits per heavy atom. The van der Waals surface area contributed by atoms with E-state index in [1.54, 1.807) is 56.3 Å². The molecule has 0 aliphatic heterocycles. The lowest BCUT2D eigenvalue weighted by Crippen LogP contribution is -2.44. The fraction of sp³-hybridized carbons (Fsp3) is 0.250. The van der Waals surface area contributed by atoms with Crippen LogP contribution < -0.4 is 10.1 Å². The SMILES string of the molecule is Cc1cc(OC(NCC(c2ccc(O)cc2)c2ccc(O)cc2)C(C)O)ccc1O.Cl. The standard InChI is InChI=1S/C24H27NO5.ClH/c1-15-13-21(11-12-23(15)29)30-24(16(2)26)25-14-22(17-3-7-19(27)8-4-17)18-5-9-20(28)10-6-18;/h3-13,16,22,24-29H,14H2,1-2H3;1H. The Kier molecular flexibility index (Phi) is 8.56. The maximum absolute atomic E-state index is 10.2. The van der Waals surface area contributed by atoms with Gasteiger partial charge in [-0.25, -0.2) is 0 Å². The molecule has 0 saturated heterocycles. The molecule has 6 nitrogen and oxygen atoms in total. The molecule has 2 unspecified atom stereocenters. The molecule has 0 amide bonds. The summed E-state index contributed by atoms with van der Waals surface area (Å²) >= 11 is 0. The zero-order valence-corrected chi connectivity index (χ0v) is 18.2. The highest BCUT2D eigenvalue weighted by molar-refractivity contribution is 5.85.